The summed E-state index contributed by atoms with van der Waals surface area (Å²) in [5.74, 6) is 2.01. The van der Waals surface area contributed by atoms with Crippen molar-refractivity contribution in [2.45, 2.75) is 25.0 Å². The number of rotatable bonds is 4. The minimum atomic E-state index is -0.504. The Balaban J connectivity index is 0.00000121. The fourth-order valence-electron chi connectivity index (χ4n) is 4.44. The van der Waals surface area contributed by atoms with Crippen LogP contribution in [0.5, 0.6) is 5.75 Å². The Hall–Kier alpha value is -2.03. The van der Waals surface area contributed by atoms with E-state index in [0.717, 1.165) is 41.7 Å². The average molecular weight is 378 g/mol. The van der Waals surface area contributed by atoms with E-state index in [1.807, 2.05) is 24.3 Å². The van der Waals surface area contributed by atoms with Gasteiger partial charge in [0.2, 0.25) is 0 Å². The average Bonchev–Trinajstić information content (AvgIpc) is 2.66. The van der Waals surface area contributed by atoms with Crippen molar-refractivity contribution in [3.8, 4) is 5.75 Å². The van der Waals surface area contributed by atoms with Gasteiger partial charge in [0, 0.05) is 24.2 Å². The number of hydrogen-bond donors (Lipinski definition) is 1. The molecule has 1 aromatic heterocycles. The summed E-state index contributed by atoms with van der Waals surface area (Å²) in [7, 11) is 1.66. The fraction of sp³-hybridized carbons (Fsp3) is 0.450. The number of hydrogen-bond acceptors (Lipinski definition) is 4. The predicted octanol–water partition coefficient (Wildman–Crippen LogP) is 0.699. The summed E-state index contributed by atoms with van der Waals surface area (Å²) in [4.78, 5) is 6.86. The van der Waals surface area contributed by atoms with Gasteiger partial charge in [-0.3, -0.25) is 9.88 Å². The molecule has 3 saturated heterocycles. The van der Waals surface area contributed by atoms with E-state index in [-0.39, 0.29) is 22.5 Å². The van der Waals surface area contributed by atoms with Crippen LogP contribution >= 0.6 is 0 Å². The van der Waals surface area contributed by atoms with Gasteiger partial charge in [-0.15, -0.1) is 6.58 Å². The second-order valence-electron chi connectivity index (χ2n) is 6.97. The molecule has 1 unspecified atom stereocenters. The quantitative estimate of drug-likeness (QED) is 0.782. The van der Waals surface area contributed by atoms with Crippen LogP contribution in [0.1, 0.15) is 24.5 Å². The molecule has 3 aliphatic rings. The van der Waals surface area contributed by atoms with Gasteiger partial charge in [0.1, 0.15) is 5.75 Å². The maximum atomic E-state index is 11.2. The molecule has 2 aromatic rings. The normalized spacial score (nSPS) is 26.9. The lowest BCUT2D eigenvalue weighted by molar-refractivity contribution is -0.0444. The van der Waals surface area contributed by atoms with Crippen LogP contribution in [0.25, 0.3) is 10.9 Å². The summed E-state index contributed by atoms with van der Waals surface area (Å²) in [6.45, 7) is 6.07. The molecule has 0 spiro atoms. The minimum Gasteiger partial charge on any atom is -0.497 e. The first-order chi connectivity index (χ1) is 11.7. The molecular weight excluding hydrogens is 348 g/mol. The minimum absolute atomic E-state index is 0. The number of aromatic nitrogens is 1. The zero-order chi connectivity index (χ0) is 16.7. The number of aliphatic hydroxyl groups is 1. The first-order valence-corrected chi connectivity index (χ1v) is 8.68. The standard InChI is InChI=1S/C20H24N2O2.3H2O/c1-3-13-12-22-9-7-14(13)10-19(22)20(23)16-6-8-21-18-5-4-15(24-2)11-17(16)18;;;/h3-6,8,11,13-14,19-20,23H,1,7,9-10,12H2,2H3;3*1H2/t13-,14-,19-,20+;;;/m0.../s1. The first kappa shape index (κ1) is 23.0. The van der Waals surface area contributed by atoms with Gasteiger partial charge >= 0.3 is 0 Å². The molecule has 1 aromatic carbocycles. The Morgan fingerprint density at radius 1 is 1.30 bits per heavy atom. The molecule has 7 nitrogen and oxygen atoms in total. The molecule has 2 bridgehead atoms. The molecule has 5 rings (SSSR count). The third-order valence-corrected chi connectivity index (χ3v) is 5.82. The zero-order valence-electron chi connectivity index (χ0n) is 15.6. The van der Waals surface area contributed by atoms with Gasteiger partial charge in [-0.1, -0.05) is 6.08 Å². The lowest BCUT2D eigenvalue weighted by Gasteiger charge is -2.50. The van der Waals surface area contributed by atoms with Crippen LogP contribution in [0.2, 0.25) is 0 Å². The maximum absolute atomic E-state index is 11.2. The Bertz CT molecular complexity index is 769. The van der Waals surface area contributed by atoms with Gasteiger partial charge in [-0.25, -0.2) is 0 Å². The molecular formula is C20H30N2O5. The summed E-state index contributed by atoms with van der Waals surface area (Å²) in [6.07, 6.45) is 5.62. The second-order valence-corrected chi connectivity index (χ2v) is 6.97. The summed E-state index contributed by atoms with van der Waals surface area (Å²) in [5, 5.41) is 12.1. The zero-order valence-corrected chi connectivity index (χ0v) is 15.6. The van der Waals surface area contributed by atoms with Gasteiger partial charge in [-0.2, -0.15) is 0 Å². The van der Waals surface area contributed by atoms with Crippen molar-refractivity contribution in [3.63, 3.8) is 0 Å². The van der Waals surface area contributed by atoms with Crippen LogP contribution in [-0.4, -0.2) is 57.7 Å². The smallest absolute Gasteiger partial charge is 0.119 e. The van der Waals surface area contributed by atoms with Crippen molar-refractivity contribution in [3.05, 3.63) is 48.7 Å². The molecule has 150 valence electrons. The predicted molar refractivity (Wildman–Crippen MR) is 106 cm³/mol. The van der Waals surface area contributed by atoms with Crippen LogP contribution < -0.4 is 4.74 Å². The molecule has 0 amide bonds. The van der Waals surface area contributed by atoms with E-state index in [1.54, 1.807) is 13.3 Å². The van der Waals surface area contributed by atoms with Gasteiger partial charge in [0.15, 0.2) is 0 Å². The molecule has 0 radical (unpaired) electrons. The van der Waals surface area contributed by atoms with Crippen LogP contribution in [0.15, 0.2) is 43.1 Å². The highest BCUT2D eigenvalue weighted by Gasteiger charge is 2.42. The van der Waals surface area contributed by atoms with E-state index in [0.29, 0.717) is 11.8 Å². The molecule has 3 fully saturated rings. The van der Waals surface area contributed by atoms with Gasteiger partial charge in [-0.05, 0) is 61.1 Å². The van der Waals surface area contributed by atoms with Crippen molar-refractivity contribution in [1.82, 2.24) is 9.88 Å². The number of benzene rings is 1. The van der Waals surface area contributed by atoms with Gasteiger partial charge in [0.25, 0.3) is 0 Å². The van der Waals surface area contributed by atoms with Crippen LogP contribution in [-0.2, 0) is 0 Å². The largest absolute Gasteiger partial charge is 0.497 e. The number of nitrogens with zero attached hydrogens (tertiary/aromatic N) is 2. The van der Waals surface area contributed by atoms with E-state index in [2.05, 4.69) is 22.5 Å². The summed E-state index contributed by atoms with van der Waals surface area (Å²) in [5.41, 5.74) is 1.85. The molecule has 4 heterocycles. The summed E-state index contributed by atoms with van der Waals surface area (Å²) < 4.78 is 5.35. The number of piperidine rings is 3. The Labute approximate surface area is 159 Å². The van der Waals surface area contributed by atoms with E-state index in [1.165, 1.54) is 6.42 Å². The molecule has 27 heavy (non-hydrogen) atoms. The lowest BCUT2D eigenvalue weighted by atomic mass is 9.73. The number of fused-ring (bicyclic) bond motifs is 4. The monoisotopic (exact) mass is 378 g/mol. The van der Waals surface area contributed by atoms with E-state index in [4.69, 9.17) is 4.74 Å². The van der Waals surface area contributed by atoms with Crippen molar-refractivity contribution < 1.29 is 26.3 Å². The Kier molecular flexibility index (Phi) is 7.89. The van der Waals surface area contributed by atoms with E-state index in [9.17, 15) is 5.11 Å². The fourth-order valence-corrected chi connectivity index (χ4v) is 4.44. The highest BCUT2D eigenvalue weighted by Crippen LogP contribution is 2.42. The van der Waals surface area contributed by atoms with Crippen molar-refractivity contribution >= 4 is 10.9 Å². The van der Waals surface area contributed by atoms with Crippen molar-refractivity contribution in [2.24, 2.45) is 11.8 Å². The van der Waals surface area contributed by atoms with Crippen LogP contribution in [0.4, 0.5) is 0 Å². The van der Waals surface area contributed by atoms with Crippen molar-refractivity contribution in [2.75, 3.05) is 20.2 Å². The number of methoxy groups -OCH3 is 1. The third-order valence-electron chi connectivity index (χ3n) is 5.82. The molecule has 7 N–H and O–H groups in total. The molecule has 3 aliphatic heterocycles. The van der Waals surface area contributed by atoms with Crippen LogP contribution in [0.3, 0.4) is 0 Å². The number of aliphatic hydroxyl groups excluding tert-OH is 1. The second kappa shape index (κ2) is 9.25. The highest BCUT2D eigenvalue weighted by atomic mass is 16.5. The van der Waals surface area contributed by atoms with Gasteiger partial charge in [0.05, 0.1) is 18.7 Å². The van der Waals surface area contributed by atoms with Gasteiger partial charge < -0.3 is 26.3 Å². The van der Waals surface area contributed by atoms with E-state index < -0.39 is 6.10 Å². The van der Waals surface area contributed by atoms with E-state index >= 15 is 0 Å². The SMILES string of the molecule is C=C[C@H]1CN2CC[C@H]1C[C@H]2[C@H](O)c1ccnc2ccc(OC)cc12.O.O.O. The molecule has 0 aliphatic carbocycles. The highest BCUT2D eigenvalue weighted by molar-refractivity contribution is 5.83. The Morgan fingerprint density at radius 3 is 2.70 bits per heavy atom. The molecule has 5 atom stereocenters. The first-order valence-electron chi connectivity index (χ1n) is 8.68. The molecule has 0 saturated carbocycles. The van der Waals surface area contributed by atoms with Crippen molar-refractivity contribution in [1.29, 1.82) is 0 Å². The maximum Gasteiger partial charge on any atom is 0.119 e. The number of pyridine rings is 1. The lowest BCUT2D eigenvalue weighted by Crippen LogP contribution is -2.54. The van der Waals surface area contributed by atoms with Crippen LogP contribution in [0, 0.1) is 11.8 Å². The summed E-state index contributed by atoms with van der Waals surface area (Å²) >= 11 is 0. The number of ether oxygens (including phenoxy) is 1. The topological polar surface area (TPSA) is 140 Å². The molecule has 7 heteroatoms. The Morgan fingerprint density at radius 2 is 2.07 bits per heavy atom. The third kappa shape index (κ3) is 3.97. The summed E-state index contributed by atoms with van der Waals surface area (Å²) in [6, 6.07) is 7.96.